The van der Waals surface area contributed by atoms with Gasteiger partial charge in [-0.15, -0.1) is 0 Å². The molecule has 1 aromatic carbocycles. The van der Waals surface area contributed by atoms with E-state index < -0.39 is 5.60 Å². The molecule has 212 valence electrons. The first kappa shape index (κ1) is 27.5. The fourth-order valence-electron chi connectivity index (χ4n) is 10.2. The second-order valence-corrected chi connectivity index (χ2v) is 14.4. The van der Waals surface area contributed by atoms with E-state index in [2.05, 4.69) is 30.9 Å². The van der Waals surface area contributed by atoms with Gasteiger partial charge in [-0.1, -0.05) is 37.6 Å². The molecule has 4 aliphatic carbocycles. The van der Waals surface area contributed by atoms with Crippen molar-refractivity contribution in [2.45, 2.75) is 96.2 Å². The molecule has 0 aromatic heterocycles. The number of aliphatic hydroxyl groups is 1. The molecule has 0 radical (unpaired) electrons. The van der Waals surface area contributed by atoms with Crippen molar-refractivity contribution in [3.8, 4) is 0 Å². The van der Waals surface area contributed by atoms with E-state index in [1.165, 1.54) is 64.5 Å². The number of likely N-dealkylation sites (tertiary alicyclic amines) is 1. The van der Waals surface area contributed by atoms with Gasteiger partial charge in [0, 0.05) is 17.0 Å². The zero-order valence-corrected chi connectivity index (χ0v) is 24.6. The molecule has 4 nitrogen and oxygen atoms in total. The maximum absolute atomic E-state index is 12.1. The van der Waals surface area contributed by atoms with E-state index in [-0.39, 0.29) is 5.41 Å². The van der Waals surface area contributed by atoms with Gasteiger partial charge in [-0.25, -0.2) is 0 Å². The van der Waals surface area contributed by atoms with Gasteiger partial charge < -0.3 is 19.5 Å². The topological polar surface area (TPSA) is 41.9 Å². The average Bonchev–Trinajstić information content (AvgIpc) is 3.53. The highest BCUT2D eigenvalue weighted by molar-refractivity contribution is 6.30. The van der Waals surface area contributed by atoms with E-state index in [1.807, 2.05) is 12.1 Å². The number of fused-ring (bicyclic) bond motifs is 5. The van der Waals surface area contributed by atoms with Crippen LogP contribution in [0.2, 0.25) is 5.02 Å². The second kappa shape index (κ2) is 11.0. The monoisotopic (exact) mass is 543 g/mol. The highest BCUT2D eigenvalue weighted by atomic mass is 35.5. The minimum atomic E-state index is -0.729. The van der Waals surface area contributed by atoms with E-state index in [4.69, 9.17) is 21.1 Å². The summed E-state index contributed by atoms with van der Waals surface area (Å²) in [5.41, 5.74) is 0.730. The maximum atomic E-state index is 12.1. The van der Waals surface area contributed by atoms with Gasteiger partial charge in [0.1, 0.15) is 0 Å². The van der Waals surface area contributed by atoms with E-state index in [1.54, 1.807) is 0 Å². The van der Waals surface area contributed by atoms with Crippen LogP contribution in [0.5, 0.6) is 0 Å². The lowest BCUT2D eigenvalue weighted by molar-refractivity contribution is -0.165. The number of halogens is 1. The molecule has 4 saturated carbocycles. The van der Waals surface area contributed by atoms with E-state index >= 15 is 0 Å². The Kier molecular flexibility index (Phi) is 7.94. The first-order valence-corrected chi connectivity index (χ1v) is 16.1. The third-order valence-electron chi connectivity index (χ3n) is 12.4. The highest BCUT2D eigenvalue weighted by Crippen LogP contribution is 2.70. The van der Waals surface area contributed by atoms with Crippen molar-refractivity contribution in [3.05, 3.63) is 34.9 Å². The Morgan fingerprint density at radius 3 is 2.45 bits per heavy atom. The predicted octanol–water partition coefficient (Wildman–Crippen LogP) is 7.07. The van der Waals surface area contributed by atoms with Crippen molar-refractivity contribution < 1.29 is 14.6 Å². The van der Waals surface area contributed by atoms with Crippen LogP contribution in [0.25, 0.3) is 0 Å². The van der Waals surface area contributed by atoms with Gasteiger partial charge in [0.05, 0.1) is 31.5 Å². The lowest BCUT2D eigenvalue weighted by atomic mass is 9.44. The number of rotatable bonds is 8. The molecule has 38 heavy (non-hydrogen) atoms. The Hall–Kier alpha value is -0.650. The summed E-state index contributed by atoms with van der Waals surface area (Å²) in [6, 6.07) is 8.04. The highest BCUT2D eigenvalue weighted by Gasteiger charge is 2.65. The number of hydrogen-bond acceptors (Lipinski definition) is 4. The molecule has 0 spiro atoms. The van der Waals surface area contributed by atoms with Crippen LogP contribution in [0.15, 0.2) is 24.3 Å². The molecule has 8 atom stereocenters. The molecular formula is C33H50ClNO3. The molecule has 5 fully saturated rings. The van der Waals surface area contributed by atoms with Crippen molar-refractivity contribution in [2.75, 3.05) is 39.5 Å². The van der Waals surface area contributed by atoms with Gasteiger partial charge in [0.25, 0.3) is 0 Å². The van der Waals surface area contributed by atoms with Crippen LogP contribution in [0, 0.1) is 34.5 Å². The normalized spacial score (nSPS) is 43.0. The summed E-state index contributed by atoms with van der Waals surface area (Å²) in [4.78, 5) is 2.51. The summed E-state index contributed by atoms with van der Waals surface area (Å²) >= 11 is 6.19. The standard InChI is InChI=1S/C33H50ClNO3/c1-31-14-11-27(38-22-21-37-20-19-35-17-3-4-18-35)23-25(31)7-10-28-29(31)12-15-32(2)30(28)13-16-33(32,36)24-5-8-26(34)9-6-24/h5-6,8-9,25,27-30,36H,3-4,7,10-23H2,1-2H3/t25?,27?,28-,29-,30+,31+,32+,33?/m1/s1. The van der Waals surface area contributed by atoms with Gasteiger partial charge in [-0.3, -0.25) is 0 Å². The summed E-state index contributed by atoms with van der Waals surface area (Å²) in [6.07, 6.45) is 13.9. The Morgan fingerprint density at radius 1 is 0.895 bits per heavy atom. The molecule has 6 rings (SSSR count). The van der Waals surface area contributed by atoms with Crippen LogP contribution in [0.1, 0.15) is 90.0 Å². The molecule has 0 bridgehead atoms. The minimum absolute atomic E-state index is 0.0414. The Morgan fingerprint density at radius 2 is 1.66 bits per heavy atom. The minimum Gasteiger partial charge on any atom is -0.385 e. The van der Waals surface area contributed by atoms with E-state index in [0.717, 1.165) is 74.0 Å². The molecule has 3 unspecified atom stereocenters. The maximum Gasteiger partial charge on any atom is 0.0952 e. The molecule has 5 aliphatic rings. The molecule has 1 N–H and O–H groups in total. The summed E-state index contributed by atoms with van der Waals surface area (Å²) in [6.45, 7) is 10.9. The molecule has 1 heterocycles. The van der Waals surface area contributed by atoms with Crippen LogP contribution in [-0.2, 0) is 15.1 Å². The van der Waals surface area contributed by atoms with Crippen molar-refractivity contribution in [2.24, 2.45) is 34.5 Å². The number of nitrogens with zero attached hydrogens (tertiary/aromatic N) is 1. The van der Waals surface area contributed by atoms with Crippen molar-refractivity contribution in [3.63, 3.8) is 0 Å². The summed E-state index contributed by atoms with van der Waals surface area (Å²) in [5.74, 6) is 2.94. The summed E-state index contributed by atoms with van der Waals surface area (Å²) in [7, 11) is 0. The van der Waals surface area contributed by atoms with E-state index in [9.17, 15) is 5.11 Å². The zero-order valence-electron chi connectivity index (χ0n) is 23.8. The van der Waals surface area contributed by atoms with Crippen LogP contribution >= 0.6 is 11.6 Å². The van der Waals surface area contributed by atoms with Gasteiger partial charge in [0.2, 0.25) is 0 Å². The van der Waals surface area contributed by atoms with Crippen LogP contribution in [0.4, 0.5) is 0 Å². The third kappa shape index (κ3) is 4.79. The molecule has 0 amide bonds. The van der Waals surface area contributed by atoms with Gasteiger partial charge in [0.15, 0.2) is 0 Å². The van der Waals surface area contributed by atoms with Gasteiger partial charge in [-0.2, -0.15) is 0 Å². The lowest BCUT2D eigenvalue weighted by Crippen LogP contribution is -2.56. The smallest absolute Gasteiger partial charge is 0.0952 e. The Bertz CT molecular complexity index is 950. The fourth-order valence-corrected chi connectivity index (χ4v) is 10.3. The SMILES string of the molecule is C[C@]12CCC(OCCOCCN3CCCC3)CC1CC[C@@H]1[C@H]2CC[C@@]2(C)[C@H]1CCC2(O)c1ccc(Cl)cc1. The quantitative estimate of drug-likeness (QED) is 0.356. The van der Waals surface area contributed by atoms with Crippen LogP contribution < -0.4 is 0 Å². The third-order valence-corrected chi connectivity index (χ3v) is 12.7. The van der Waals surface area contributed by atoms with Crippen LogP contribution in [-0.4, -0.2) is 55.6 Å². The van der Waals surface area contributed by atoms with Crippen molar-refractivity contribution in [1.29, 1.82) is 0 Å². The largest absolute Gasteiger partial charge is 0.385 e. The summed E-state index contributed by atoms with van der Waals surface area (Å²) < 4.78 is 12.3. The average molecular weight is 544 g/mol. The zero-order chi connectivity index (χ0) is 26.4. The number of hydrogen-bond donors (Lipinski definition) is 1. The molecule has 5 heteroatoms. The molecular weight excluding hydrogens is 494 g/mol. The van der Waals surface area contributed by atoms with Crippen LogP contribution in [0.3, 0.4) is 0 Å². The Labute approximate surface area is 235 Å². The Balaban J connectivity index is 1.04. The number of ether oxygens (including phenoxy) is 2. The second-order valence-electron chi connectivity index (χ2n) is 13.9. The fraction of sp³-hybridized carbons (Fsp3) is 0.818. The summed E-state index contributed by atoms with van der Waals surface area (Å²) in [5, 5.41) is 12.9. The van der Waals surface area contributed by atoms with Gasteiger partial charge >= 0.3 is 0 Å². The van der Waals surface area contributed by atoms with E-state index in [0.29, 0.717) is 17.4 Å². The molecule has 1 saturated heterocycles. The first-order valence-electron chi connectivity index (χ1n) is 15.7. The van der Waals surface area contributed by atoms with Gasteiger partial charge in [-0.05, 0) is 131 Å². The number of benzene rings is 1. The van der Waals surface area contributed by atoms with Crippen molar-refractivity contribution in [1.82, 2.24) is 4.90 Å². The first-order chi connectivity index (χ1) is 18.3. The molecule has 1 aliphatic heterocycles. The predicted molar refractivity (Wildman–Crippen MR) is 153 cm³/mol. The molecule has 1 aromatic rings. The lowest BCUT2D eigenvalue weighted by Gasteiger charge is -2.61. The van der Waals surface area contributed by atoms with Crippen molar-refractivity contribution >= 4 is 11.6 Å².